The maximum absolute atomic E-state index is 11.8. The number of ketones is 1. The van der Waals surface area contributed by atoms with Gasteiger partial charge in [0.25, 0.3) is 0 Å². The lowest BCUT2D eigenvalue weighted by atomic mass is 9.57. The maximum atomic E-state index is 11.8. The van der Waals surface area contributed by atoms with Gasteiger partial charge in [-0.3, -0.25) is 4.79 Å². The van der Waals surface area contributed by atoms with Crippen molar-refractivity contribution in [3.63, 3.8) is 0 Å². The van der Waals surface area contributed by atoms with Gasteiger partial charge < -0.3 is 0 Å². The highest BCUT2D eigenvalue weighted by Crippen LogP contribution is 2.50. The van der Waals surface area contributed by atoms with Crippen LogP contribution in [0, 0.1) is 23.7 Å². The van der Waals surface area contributed by atoms with E-state index in [1.54, 1.807) is 0 Å². The van der Waals surface area contributed by atoms with Gasteiger partial charge in [0.1, 0.15) is 5.78 Å². The van der Waals surface area contributed by atoms with Crippen molar-refractivity contribution in [2.75, 3.05) is 0 Å². The minimum absolute atomic E-state index is 0.491. The van der Waals surface area contributed by atoms with Crippen molar-refractivity contribution in [2.24, 2.45) is 23.7 Å². The zero-order chi connectivity index (χ0) is 8.13. The van der Waals surface area contributed by atoms with Gasteiger partial charge in [0.15, 0.2) is 0 Å². The summed E-state index contributed by atoms with van der Waals surface area (Å²) in [5.74, 6) is 3.56. The van der Waals surface area contributed by atoms with Gasteiger partial charge in [-0.2, -0.15) is 0 Å². The summed E-state index contributed by atoms with van der Waals surface area (Å²) in [6, 6.07) is 0. The number of carbonyl (C=O) groups is 1. The van der Waals surface area contributed by atoms with Gasteiger partial charge in [-0.15, -0.1) is 0 Å². The standard InChI is InChI=1S/C11H16O/c12-11-8-3-1-7-2-4-9(11)6-10(7)5-8/h7-10H,1-6H2. The van der Waals surface area contributed by atoms with Gasteiger partial charge in [0.05, 0.1) is 0 Å². The molecule has 12 heavy (non-hydrogen) atoms. The lowest BCUT2D eigenvalue weighted by Crippen LogP contribution is -2.43. The summed E-state index contributed by atoms with van der Waals surface area (Å²) in [7, 11) is 0. The molecule has 3 rings (SSSR count). The number of fused-ring (bicyclic) bond motifs is 2. The van der Waals surface area contributed by atoms with Gasteiger partial charge in [0.2, 0.25) is 0 Å². The number of rotatable bonds is 0. The van der Waals surface area contributed by atoms with E-state index in [-0.39, 0.29) is 0 Å². The molecule has 1 nitrogen and oxygen atoms in total. The van der Waals surface area contributed by atoms with E-state index in [0.29, 0.717) is 17.6 Å². The van der Waals surface area contributed by atoms with Crippen LogP contribution in [0.4, 0.5) is 0 Å². The second kappa shape index (κ2) is 2.34. The average molecular weight is 164 g/mol. The maximum Gasteiger partial charge on any atom is 0.139 e. The van der Waals surface area contributed by atoms with E-state index >= 15 is 0 Å². The Labute approximate surface area is 73.5 Å². The van der Waals surface area contributed by atoms with Gasteiger partial charge in [-0.1, -0.05) is 0 Å². The van der Waals surface area contributed by atoms with Gasteiger partial charge in [0, 0.05) is 11.8 Å². The molecule has 0 spiro atoms. The summed E-state index contributed by atoms with van der Waals surface area (Å²) in [6.45, 7) is 0. The molecule has 0 N–H and O–H groups in total. The summed E-state index contributed by atoms with van der Waals surface area (Å²) in [5.41, 5.74) is 0. The molecule has 0 amide bonds. The number of Topliss-reactive ketones (excluding diaryl/α,β-unsaturated/α-hetero) is 1. The Balaban J connectivity index is 1.94. The highest BCUT2D eigenvalue weighted by Gasteiger charge is 2.45. The molecule has 0 aromatic carbocycles. The van der Waals surface area contributed by atoms with Crippen molar-refractivity contribution >= 4 is 5.78 Å². The van der Waals surface area contributed by atoms with E-state index in [1.165, 1.54) is 38.5 Å². The molecule has 3 aliphatic rings. The summed E-state index contributed by atoms with van der Waals surface area (Å²) >= 11 is 0. The molecule has 1 heteroatoms. The SMILES string of the molecule is O=C1C2CCC3CCC1CC3C2. The van der Waals surface area contributed by atoms with Crippen LogP contribution in [0.15, 0.2) is 0 Å². The Morgan fingerprint density at radius 3 is 2.00 bits per heavy atom. The van der Waals surface area contributed by atoms with Crippen molar-refractivity contribution < 1.29 is 4.79 Å². The molecular weight excluding hydrogens is 148 g/mol. The van der Waals surface area contributed by atoms with E-state index in [4.69, 9.17) is 0 Å². The fourth-order valence-corrected chi connectivity index (χ4v) is 3.74. The van der Waals surface area contributed by atoms with E-state index in [0.717, 1.165) is 11.8 Å². The van der Waals surface area contributed by atoms with Crippen molar-refractivity contribution in [3.8, 4) is 0 Å². The third-order valence-electron chi connectivity index (χ3n) is 4.42. The summed E-state index contributed by atoms with van der Waals surface area (Å²) in [5, 5.41) is 0. The topological polar surface area (TPSA) is 17.1 Å². The van der Waals surface area contributed by atoms with E-state index in [1.807, 2.05) is 0 Å². The normalized spacial score (nSPS) is 51.2. The van der Waals surface area contributed by atoms with Crippen molar-refractivity contribution in [1.29, 1.82) is 0 Å². The molecule has 3 fully saturated rings. The molecule has 0 saturated heterocycles. The quantitative estimate of drug-likeness (QED) is 0.537. The molecule has 0 aromatic heterocycles. The molecule has 3 saturated carbocycles. The first-order valence-electron chi connectivity index (χ1n) is 5.38. The Kier molecular flexibility index (Phi) is 1.38. The molecule has 3 bridgehead atoms. The van der Waals surface area contributed by atoms with Crippen LogP contribution in [-0.4, -0.2) is 5.78 Å². The molecule has 0 aliphatic heterocycles. The van der Waals surface area contributed by atoms with E-state index in [2.05, 4.69) is 0 Å². The van der Waals surface area contributed by atoms with Crippen LogP contribution in [0.2, 0.25) is 0 Å². The van der Waals surface area contributed by atoms with Crippen molar-refractivity contribution in [2.45, 2.75) is 38.5 Å². The highest BCUT2D eigenvalue weighted by atomic mass is 16.1. The first-order valence-corrected chi connectivity index (χ1v) is 5.38. The average Bonchev–Trinajstić information content (AvgIpc) is 2.13. The number of hydrogen-bond acceptors (Lipinski definition) is 1. The lowest BCUT2D eigenvalue weighted by molar-refractivity contribution is -0.137. The largest absolute Gasteiger partial charge is 0.299 e. The van der Waals surface area contributed by atoms with Gasteiger partial charge in [-0.25, -0.2) is 0 Å². The molecule has 0 aromatic rings. The van der Waals surface area contributed by atoms with Crippen LogP contribution >= 0.6 is 0 Å². The Morgan fingerprint density at radius 1 is 0.833 bits per heavy atom. The third kappa shape index (κ3) is 0.826. The monoisotopic (exact) mass is 164 g/mol. The highest BCUT2D eigenvalue weighted by molar-refractivity contribution is 5.84. The van der Waals surface area contributed by atoms with E-state index < -0.39 is 0 Å². The molecule has 0 heterocycles. The molecule has 0 radical (unpaired) electrons. The minimum Gasteiger partial charge on any atom is -0.299 e. The third-order valence-corrected chi connectivity index (χ3v) is 4.42. The zero-order valence-electron chi connectivity index (χ0n) is 7.46. The Bertz CT molecular complexity index is 201. The fourth-order valence-electron chi connectivity index (χ4n) is 3.74. The lowest BCUT2D eigenvalue weighted by Gasteiger charge is -2.47. The number of hydrogen-bond donors (Lipinski definition) is 0. The minimum atomic E-state index is 0.491. The summed E-state index contributed by atoms with van der Waals surface area (Å²) in [4.78, 5) is 11.8. The first-order chi connectivity index (χ1) is 5.84. The van der Waals surface area contributed by atoms with Gasteiger partial charge in [-0.05, 0) is 50.4 Å². The van der Waals surface area contributed by atoms with Crippen LogP contribution in [0.5, 0.6) is 0 Å². The number of carbonyl (C=O) groups excluding carboxylic acids is 1. The second-order valence-corrected chi connectivity index (χ2v) is 4.94. The summed E-state index contributed by atoms with van der Waals surface area (Å²) < 4.78 is 0. The predicted molar refractivity (Wildman–Crippen MR) is 46.7 cm³/mol. The van der Waals surface area contributed by atoms with Gasteiger partial charge >= 0.3 is 0 Å². The molecule has 66 valence electrons. The Hall–Kier alpha value is -0.330. The van der Waals surface area contributed by atoms with Crippen LogP contribution in [-0.2, 0) is 4.79 Å². The zero-order valence-corrected chi connectivity index (χ0v) is 7.46. The van der Waals surface area contributed by atoms with E-state index in [9.17, 15) is 4.79 Å². The van der Waals surface area contributed by atoms with Crippen LogP contribution in [0.25, 0.3) is 0 Å². The fraction of sp³-hybridized carbons (Fsp3) is 0.909. The van der Waals surface area contributed by atoms with Crippen molar-refractivity contribution in [3.05, 3.63) is 0 Å². The molecular formula is C11H16O. The van der Waals surface area contributed by atoms with Crippen molar-refractivity contribution in [1.82, 2.24) is 0 Å². The molecule has 2 atom stereocenters. The van der Waals surface area contributed by atoms with Crippen LogP contribution in [0.1, 0.15) is 38.5 Å². The second-order valence-electron chi connectivity index (χ2n) is 4.94. The van der Waals surface area contributed by atoms with Crippen LogP contribution < -0.4 is 0 Å². The first kappa shape index (κ1) is 7.11. The van der Waals surface area contributed by atoms with Crippen LogP contribution in [0.3, 0.4) is 0 Å². The smallest absolute Gasteiger partial charge is 0.139 e. The predicted octanol–water partition coefficient (Wildman–Crippen LogP) is 2.40. The molecule has 2 unspecified atom stereocenters. The Morgan fingerprint density at radius 2 is 1.42 bits per heavy atom. The molecule has 3 aliphatic carbocycles. The summed E-state index contributed by atoms with van der Waals surface area (Å²) in [6.07, 6.45) is 7.65.